The lowest BCUT2D eigenvalue weighted by atomic mass is 10.1. The van der Waals surface area contributed by atoms with Crippen LogP contribution in [0.15, 0.2) is 53.9 Å². The molecule has 1 aromatic heterocycles. The minimum Gasteiger partial charge on any atom is -0.497 e. The van der Waals surface area contributed by atoms with E-state index in [9.17, 15) is 4.79 Å². The molecule has 7 heteroatoms. The zero-order chi connectivity index (χ0) is 22.3. The third-order valence-electron chi connectivity index (χ3n) is 5.67. The van der Waals surface area contributed by atoms with Gasteiger partial charge in [0.2, 0.25) is 0 Å². The van der Waals surface area contributed by atoms with Gasteiger partial charge in [-0.15, -0.1) is 11.3 Å². The number of amides is 1. The van der Waals surface area contributed by atoms with Crippen molar-refractivity contribution in [1.82, 2.24) is 14.8 Å². The first-order chi connectivity index (χ1) is 15.7. The van der Waals surface area contributed by atoms with Crippen molar-refractivity contribution in [3.63, 3.8) is 0 Å². The van der Waals surface area contributed by atoms with Gasteiger partial charge in [-0.3, -0.25) is 9.69 Å². The van der Waals surface area contributed by atoms with Crippen LogP contribution in [-0.2, 0) is 6.42 Å². The van der Waals surface area contributed by atoms with Gasteiger partial charge in [0.1, 0.15) is 22.2 Å². The van der Waals surface area contributed by atoms with Crippen molar-refractivity contribution in [1.29, 1.82) is 0 Å². The fraction of sp³-hybridized carbons (Fsp3) is 0.360. The third-order valence-corrected chi connectivity index (χ3v) is 6.56. The van der Waals surface area contributed by atoms with Crippen LogP contribution in [0.5, 0.6) is 11.5 Å². The van der Waals surface area contributed by atoms with Gasteiger partial charge in [0.15, 0.2) is 0 Å². The summed E-state index contributed by atoms with van der Waals surface area (Å²) >= 11 is 1.50. The molecular formula is C25H29N3O3S. The highest BCUT2D eigenvalue weighted by atomic mass is 32.1. The highest BCUT2D eigenvalue weighted by Gasteiger charge is 2.24. The van der Waals surface area contributed by atoms with Crippen LogP contribution in [0.1, 0.15) is 23.0 Å². The van der Waals surface area contributed by atoms with E-state index in [4.69, 9.17) is 9.47 Å². The first kappa shape index (κ1) is 22.3. The van der Waals surface area contributed by atoms with Crippen molar-refractivity contribution >= 4 is 17.2 Å². The van der Waals surface area contributed by atoms with Gasteiger partial charge in [-0.25, -0.2) is 4.98 Å². The molecule has 0 radical (unpaired) electrons. The predicted octanol–water partition coefficient (Wildman–Crippen LogP) is 4.22. The predicted molar refractivity (Wildman–Crippen MR) is 128 cm³/mol. The topological polar surface area (TPSA) is 54.9 Å². The molecule has 6 nitrogen and oxygen atoms in total. The lowest BCUT2D eigenvalue weighted by Crippen LogP contribution is -2.49. The highest BCUT2D eigenvalue weighted by Crippen LogP contribution is 2.26. The molecule has 1 saturated heterocycles. The minimum atomic E-state index is 0.0215. The normalized spacial score (nSPS) is 14.4. The summed E-state index contributed by atoms with van der Waals surface area (Å²) in [5.74, 6) is 1.75. The van der Waals surface area contributed by atoms with E-state index in [1.807, 2.05) is 53.6 Å². The molecule has 0 aliphatic carbocycles. The molecule has 32 heavy (non-hydrogen) atoms. The van der Waals surface area contributed by atoms with E-state index in [0.29, 0.717) is 12.3 Å². The second-order valence-electron chi connectivity index (χ2n) is 7.73. The summed E-state index contributed by atoms with van der Waals surface area (Å²) in [6, 6.07) is 16.1. The Morgan fingerprint density at radius 1 is 1.00 bits per heavy atom. The minimum absolute atomic E-state index is 0.0215. The first-order valence-electron chi connectivity index (χ1n) is 11.0. The Hall–Kier alpha value is -2.90. The maximum atomic E-state index is 12.9. The van der Waals surface area contributed by atoms with Gasteiger partial charge < -0.3 is 14.4 Å². The SMILES string of the molecule is CCOc1ccc(-c2nc(C(=O)N3CCN(CCc4ccc(OC)cc4)CC3)cs2)cc1. The van der Waals surface area contributed by atoms with Gasteiger partial charge in [0.05, 0.1) is 13.7 Å². The molecule has 1 aliphatic heterocycles. The van der Waals surface area contributed by atoms with Crippen molar-refractivity contribution < 1.29 is 14.3 Å². The molecule has 0 unspecified atom stereocenters. The van der Waals surface area contributed by atoms with Gasteiger partial charge >= 0.3 is 0 Å². The lowest BCUT2D eigenvalue weighted by molar-refractivity contribution is 0.0633. The molecular weight excluding hydrogens is 422 g/mol. The van der Waals surface area contributed by atoms with Crippen LogP contribution in [0.25, 0.3) is 10.6 Å². The van der Waals surface area contributed by atoms with E-state index in [0.717, 1.165) is 61.2 Å². The van der Waals surface area contributed by atoms with Crippen LogP contribution in [0.4, 0.5) is 0 Å². The summed E-state index contributed by atoms with van der Waals surface area (Å²) in [5.41, 5.74) is 2.83. The molecule has 1 amide bonds. The maximum absolute atomic E-state index is 12.9. The zero-order valence-corrected chi connectivity index (χ0v) is 19.4. The summed E-state index contributed by atoms with van der Waals surface area (Å²) in [7, 11) is 1.68. The van der Waals surface area contributed by atoms with Crippen molar-refractivity contribution in [3.8, 4) is 22.1 Å². The lowest BCUT2D eigenvalue weighted by Gasteiger charge is -2.34. The number of benzene rings is 2. The van der Waals surface area contributed by atoms with Crippen LogP contribution in [0, 0.1) is 0 Å². The Morgan fingerprint density at radius 2 is 1.69 bits per heavy atom. The van der Waals surface area contributed by atoms with Gasteiger partial charge in [0.25, 0.3) is 5.91 Å². The molecule has 2 aromatic carbocycles. The van der Waals surface area contributed by atoms with E-state index >= 15 is 0 Å². The molecule has 0 spiro atoms. The second-order valence-corrected chi connectivity index (χ2v) is 8.59. The molecule has 0 bridgehead atoms. The molecule has 1 fully saturated rings. The number of nitrogens with zero attached hydrogens (tertiary/aromatic N) is 3. The number of aromatic nitrogens is 1. The summed E-state index contributed by atoms with van der Waals surface area (Å²) in [5, 5.41) is 2.72. The monoisotopic (exact) mass is 451 g/mol. The number of carbonyl (C=O) groups excluding carboxylic acids is 1. The quantitative estimate of drug-likeness (QED) is 0.513. The van der Waals surface area contributed by atoms with Crippen molar-refractivity contribution in [2.45, 2.75) is 13.3 Å². The number of hydrogen-bond acceptors (Lipinski definition) is 6. The standard InChI is InChI=1S/C25H29N3O3S/c1-3-31-22-10-6-20(7-11-22)24-26-23(18-32-24)25(29)28-16-14-27(15-17-28)13-12-19-4-8-21(30-2)9-5-19/h4-11,18H,3,12-17H2,1-2H3. The zero-order valence-electron chi connectivity index (χ0n) is 18.6. The molecule has 0 N–H and O–H groups in total. The van der Waals surface area contributed by atoms with Gasteiger partial charge in [-0.05, 0) is 55.3 Å². The molecule has 0 saturated carbocycles. The van der Waals surface area contributed by atoms with Crippen LogP contribution in [0.2, 0.25) is 0 Å². The Morgan fingerprint density at radius 3 is 2.34 bits per heavy atom. The molecule has 0 atom stereocenters. The van der Waals surface area contributed by atoms with E-state index in [-0.39, 0.29) is 5.91 Å². The Labute approximate surface area is 193 Å². The smallest absolute Gasteiger partial charge is 0.273 e. The van der Waals surface area contributed by atoms with Gasteiger partial charge in [-0.1, -0.05) is 12.1 Å². The number of ether oxygens (including phenoxy) is 2. The van der Waals surface area contributed by atoms with E-state index < -0.39 is 0 Å². The Balaban J connectivity index is 1.27. The second kappa shape index (κ2) is 10.6. The van der Waals surface area contributed by atoms with Crippen LogP contribution in [0.3, 0.4) is 0 Å². The van der Waals surface area contributed by atoms with Gasteiger partial charge in [-0.2, -0.15) is 0 Å². The average Bonchev–Trinajstić information content (AvgIpc) is 3.34. The van der Waals surface area contributed by atoms with E-state index in [1.54, 1.807) is 7.11 Å². The van der Waals surface area contributed by atoms with Crippen molar-refractivity contribution in [2.75, 3.05) is 46.4 Å². The Kier molecular flexibility index (Phi) is 7.39. The van der Waals surface area contributed by atoms with Crippen molar-refractivity contribution in [2.24, 2.45) is 0 Å². The van der Waals surface area contributed by atoms with E-state index in [2.05, 4.69) is 22.0 Å². The molecule has 1 aliphatic rings. The molecule has 3 aromatic rings. The number of carbonyl (C=O) groups is 1. The fourth-order valence-corrected chi connectivity index (χ4v) is 4.58. The summed E-state index contributed by atoms with van der Waals surface area (Å²) in [4.78, 5) is 21.9. The number of rotatable bonds is 8. The Bertz CT molecular complexity index is 1010. The van der Waals surface area contributed by atoms with Crippen LogP contribution >= 0.6 is 11.3 Å². The summed E-state index contributed by atoms with van der Waals surface area (Å²) in [6.07, 6.45) is 0.996. The fourth-order valence-electron chi connectivity index (χ4n) is 3.78. The summed E-state index contributed by atoms with van der Waals surface area (Å²) < 4.78 is 10.7. The molecule has 2 heterocycles. The molecule has 4 rings (SSSR count). The number of hydrogen-bond donors (Lipinski definition) is 0. The van der Waals surface area contributed by atoms with E-state index in [1.165, 1.54) is 16.9 Å². The van der Waals surface area contributed by atoms with Crippen molar-refractivity contribution in [3.05, 3.63) is 65.2 Å². The maximum Gasteiger partial charge on any atom is 0.273 e. The number of piperazine rings is 1. The number of thiazole rings is 1. The van der Waals surface area contributed by atoms with Crippen LogP contribution < -0.4 is 9.47 Å². The van der Waals surface area contributed by atoms with Gasteiger partial charge in [0, 0.05) is 43.7 Å². The first-order valence-corrected chi connectivity index (χ1v) is 11.9. The number of methoxy groups -OCH3 is 1. The average molecular weight is 452 g/mol. The highest BCUT2D eigenvalue weighted by molar-refractivity contribution is 7.13. The summed E-state index contributed by atoms with van der Waals surface area (Å²) in [6.45, 7) is 6.84. The molecule has 168 valence electrons. The third kappa shape index (κ3) is 5.47. The largest absolute Gasteiger partial charge is 0.497 e. The van der Waals surface area contributed by atoms with Crippen LogP contribution in [-0.4, -0.2) is 67.1 Å².